The number of nitrogens with zero attached hydrogens (tertiary/aromatic N) is 2. The van der Waals surface area contributed by atoms with Gasteiger partial charge in [-0.3, -0.25) is 0 Å². The maximum Gasteiger partial charge on any atom is 0.168 e. The van der Waals surface area contributed by atoms with Crippen LogP contribution in [0.4, 0.5) is 0 Å². The van der Waals surface area contributed by atoms with E-state index in [2.05, 4.69) is 70.3 Å². The third-order valence-corrected chi connectivity index (χ3v) is 12.0. The van der Waals surface area contributed by atoms with Crippen molar-refractivity contribution in [3.8, 4) is 17.2 Å². The first-order valence-corrected chi connectivity index (χ1v) is 10.7. The minimum absolute atomic E-state index is 0.684. The van der Waals surface area contributed by atoms with Gasteiger partial charge in [-0.15, -0.1) is 0 Å². The fourth-order valence-corrected chi connectivity index (χ4v) is 10.9. The highest BCUT2D eigenvalue weighted by molar-refractivity contribution is 6.82. The molecule has 2 aromatic rings. The molecule has 0 spiro atoms. The molecule has 0 N–H and O–H groups in total. The van der Waals surface area contributed by atoms with Crippen LogP contribution in [0, 0.1) is 11.3 Å². The Balaban J connectivity index is 2.48. The largest absolute Gasteiger partial charge is 0.379 e. The lowest BCUT2D eigenvalue weighted by Crippen LogP contribution is -2.51. The van der Waals surface area contributed by atoms with E-state index in [9.17, 15) is 0 Å². The van der Waals surface area contributed by atoms with Crippen LogP contribution in [0.25, 0.3) is 11.1 Å². The Labute approximate surface area is 141 Å². The summed E-state index contributed by atoms with van der Waals surface area (Å²) in [6, 6.07) is 12.3. The van der Waals surface area contributed by atoms with Crippen molar-refractivity contribution < 1.29 is 0 Å². The molecule has 0 aliphatic carbocycles. The lowest BCUT2D eigenvalue weighted by Gasteiger charge is -2.44. The average Bonchev–Trinajstić information content (AvgIpc) is 2.96. The molecule has 3 heteroatoms. The second kappa shape index (κ2) is 6.76. The molecule has 23 heavy (non-hydrogen) atoms. The Bertz CT molecular complexity index is 665. The molecule has 0 aliphatic heterocycles. The van der Waals surface area contributed by atoms with Gasteiger partial charge in [0, 0.05) is 6.20 Å². The Morgan fingerprint density at radius 2 is 1.35 bits per heavy atom. The molecule has 0 bridgehead atoms. The second-order valence-corrected chi connectivity index (χ2v) is 13.1. The molecule has 0 unspecified atom stereocenters. The molecule has 2 nitrogen and oxygen atoms in total. The van der Waals surface area contributed by atoms with E-state index in [0.717, 1.165) is 0 Å². The normalized spacial score (nSPS) is 12.2. The Morgan fingerprint density at radius 1 is 0.826 bits per heavy atom. The Morgan fingerprint density at radius 3 is 1.78 bits per heavy atom. The van der Waals surface area contributed by atoms with Gasteiger partial charge in [0.1, 0.15) is 0 Å². The minimum Gasteiger partial charge on any atom is -0.379 e. The number of aromatic nitrogens is 1. The highest BCUT2D eigenvalue weighted by atomic mass is 28.3. The van der Waals surface area contributed by atoms with Gasteiger partial charge < -0.3 is 4.23 Å². The standard InChI is InChI=1S/C20H28N2Si/c1-15(2)23(16(3)4,17(5)6)22-12-11-20(14-22)19-9-7-18(13-21)8-10-19/h7-12,14-17H,1-6H3. The zero-order chi connectivity index (χ0) is 17.2. The Kier molecular flexibility index (Phi) is 5.16. The molecule has 2 rings (SSSR count). The SMILES string of the molecule is CC(C)[Si](C(C)C)(C(C)C)n1ccc(-c2ccc(C#N)cc2)c1. The zero-order valence-corrected chi connectivity index (χ0v) is 16.2. The molecule has 0 fully saturated rings. The molecule has 122 valence electrons. The average molecular weight is 325 g/mol. The molecule has 0 aliphatic rings. The van der Waals surface area contributed by atoms with Gasteiger partial charge in [-0.2, -0.15) is 5.26 Å². The van der Waals surface area contributed by atoms with Gasteiger partial charge in [0.05, 0.1) is 11.6 Å². The molecule has 0 amide bonds. The van der Waals surface area contributed by atoms with Gasteiger partial charge in [0.25, 0.3) is 0 Å². The van der Waals surface area contributed by atoms with E-state index >= 15 is 0 Å². The monoisotopic (exact) mass is 324 g/mol. The van der Waals surface area contributed by atoms with Gasteiger partial charge >= 0.3 is 0 Å². The molecule has 1 aromatic heterocycles. The molecule has 0 saturated carbocycles. The van der Waals surface area contributed by atoms with Crippen molar-refractivity contribution in [2.75, 3.05) is 0 Å². The van der Waals surface area contributed by atoms with Crippen molar-refractivity contribution in [2.45, 2.75) is 58.2 Å². The summed E-state index contributed by atoms with van der Waals surface area (Å²) in [6.07, 6.45) is 4.60. The number of hydrogen-bond donors (Lipinski definition) is 0. The molecule has 0 radical (unpaired) electrons. The van der Waals surface area contributed by atoms with Crippen molar-refractivity contribution >= 4 is 8.24 Å². The van der Waals surface area contributed by atoms with Crippen molar-refractivity contribution in [1.29, 1.82) is 5.26 Å². The lowest BCUT2D eigenvalue weighted by molar-refractivity contribution is 0.766. The predicted molar refractivity (Wildman–Crippen MR) is 101 cm³/mol. The summed E-state index contributed by atoms with van der Waals surface area (Å²) in [5, 5.41) is 8.94. The van der Waals surface area contributed by atoms with E-state index in [1.807, 2.05) is 24.3 Å². The highest BCUT2D eigenvalue weighted by Crippen LogP contribution is 2.43. The van der Waals surface area contributed by atoms with Crippen LogP contribution in [-0.4, -0.2) is 12.5 Å². The molecular formula is C20H28N2Si. The quantitative estimate of drug-likeness (QED) is 0.615. The van der Waals surface area contributed by atoms with Gasteiger partial charge in [-0.25, -0.2) is 0 Å². The smallest absolute Gasteiger partial charge is 0.168 e. The second-order valence-electron chi connectivity index (χ2n) is 7.35. The third kappa shape index (κ3) is 3.01. The van der Waals surface area contributed by atoms with Gasteiger partial charge in [0.15, 0.2) is 8.24 Å². The summed E-state index contributed by atoms with van der Waals surface area (Å²) in [5.74, 6) is 0. The molecule has 1 heterocycles. The summed E-state index contributed by atoms with van der Waals surface area (Å²) in [5.41, 5.74) is 5.19. The summed E-state index contributed by atoms with van der Waals surface area (Å²) < 4.78 is 2.56. The van der Waals surface area contributed by atoms with Crippen LogP contribution in [0.15, 0.2) is 42.7 Å². The van der Waals surface area contributed by atoms with Crippen LogP contribution in [0.5, 0.6) is 0 Å². The minimum atomic E-state index is -1.67. The summed E-state index contributed by atoms with van der Waals surface area (Å²) >= 11 is 0. The fourth-order valence-electron chi connectivity index (χ4n) is 4.44. The van der Waals surface area contributed by atoms with E-state index < -0.39 is 8.24 Å². The first-order valence-electron chi connectivity index (χ1n) is 8.53. The summed E-state index contributed by atoms with van der Waals surface area (Å²) in [7, 11) is -1.67. The van der Waals surface area contributed by atoms with E-state index in [1.165, 1.54) is 11.1 Å². The molecule has 0 saturated heterocycles. The van der Waals surface area contributed by atoms with Crippen LogP contribution < -0.4 is 0 Å². The van der Waals surface area contributed by atoms with Crippen molar-refractivity contribution in [2.24, 2.45) is 0 Å². The summed E-state index contributed by atoms with van der Waals surface area (Å²) in [6.45, 7) is 14.3. The fraction of sp³-hybridized carbons (Fsp3) is 0.450. The van der Waals surface area contributed by atoms with Crippen LogP contribution in [0.1, 0.15) is 47.1 Å². The maximum absolute atomic E-state index is 8.94. The first-order chi connectivity index (χ1) is 10.8. The van der Waals surface area contributed by atoms with Crippen molar-refractivity contribution in [3.63, 3.8) is 0 Å². The number of nitriles is 1. The van der Waals surface area contributed by atoms with Crippen molar-refractivity contribution in [1.82, 2.24) is 4.23 Å². The van der Waals surface area contributed by atoms with Crippen LogP contribution in [0.3, 0.4) is 0 Å². The van der Waals surface area contributed by atoms with E-state index in [4.69, 9.17) is 5.26 Å². The number of rotatable bonds is 5. The lowest BCUT2D eigenvalue weighted by atomic mass is 10.1. The first kappa shape index (κ1) is 17.6. The number of benzene rings is 1. The highest BCUT2D eigenvalue weighted by Gasteiger charge is 2.44. The van der Waals surface area contributed by atoms with Gasteiger partial charge in [-0.05, 0) is 52.1 Å². The van der Waals surface area contributed by atoms with Crippen LogP contribution >= 0.6 is 0 Å². The predicted octanol–water partition coefficient (Wildman–Crippen LogP) is 6.05. The Hall–Kier alpha value is -1.79. The van der Waals surface area contributed by atoms with E-state index in [-0.39, 0.29) is 0 Å². The third-order valence-electron chi connectivity index (χ3n) is 5.26. The van der Waals surface area contributed by atoms with Crippen LogP contribution in [-0.2, 0) is 0 Å². The topological polar surface area (TPSA) is 28.7 Å². The maximum atomic E-state index is 8.94. The zero-order valence-electron chi connectivity index (χ0n) is 15.2. The molecular weight excluding hydrogens is 296 g/mol. The summed E-state index contributed by atoms with van der Waals surface area (Å²) in [4.78, 5) is 0. The van der Waals surface area contributed by atoms with Gasteiger partial charge in [0.2, 0.25) is 0 Å². The van der Waals surface area contributed by atoms with Crippen molar-refractivity contribution in [3.05, 3.63) is 48.3 Å². The van der Waals surface area contributed by atoms with Gasteiger partial charge in [-0.1, -0.05) is 53.7 Å². The van der Waals surface area contributed by atoms with Crippen LogP contribution in [0.2, 0.25) is 16.6 Å². The van der Waals surface area contributed by atoms with E-state index in [1.54, 1.807) is 0 Å². The molecule has 0 atom stereocenters. The number of hydrogen-bond acceptors (Lipinski definition) is 1. The molecule has 1 aromatic carbocycles. The van der Waals surface area contributed by atoms with E-state index in [0.29, 0.717) is 22.2 Å².